The zero-order chi connectivity index (χ0) is 20.9. The molecule has 1 aliphatic rings. The lowest BCUT2D eigenvalue weighted by molar-refractivity contribution is 0.0979. The lowest BCUT2D eigenvalue weighted by Crippen LogP contribution is -2.25. The van der Waals surface area contributed by atoms with Crippen molar-refractivity contribution in [1.29, 1.82) is 0 Å². The third kappa shape index (κ3) is 3.08. The van der Waals surface area contributed by atoms with E-state index in [-0.39, 0.29) is 49.2 Å². The molecule has 3 aromatic carbocycles. The largest absolute Gasteiger partial charge is 0.397 e. The SMILES string of the molecule is Nc1c(Cl)c(Cl)c(NC(=O)c2ccc(Cl)cc2)c2c1C(=O)c1ccccc1C2=O. The molecular formula is C21H11Cl3N2O3. The Labute approximate surface area is 180 Å². The van der Waals surface area contributed by atoms with Crippen LogP contribution in [-0.2, 0) is 0 Å². The van der Waals surface area contributed by atoms with Crippen molar-refractivity contribution in [3.05, 3.63) is 91.4 Å². The predicted molar refractivity (Wildman–Crippen MR) is 114 cm³/mol. The van der Waals surface area contributed by atoms with E-state index in [0.717, 1.165) is 0 Å². The summed E-state index contributed by atoms with van der Waals surface area (Å²) in [5.74, 6) is -1.49. The molecule has 4 rings (SSSR count). The van der Waals surface area contributed by atoms with Gasteiger partial charge in [0, 0.05) is 21.7 Å². The Morgan fingerprint density at radius 1 is 0.793 bits per heavy atom. The van der Waals surface area contributed by atoms with Crippen LogP contribution < -0.4 is 11.1 Å². The third-order valence-corrected chi connectivity index (χ3v) is 5.75. The van der Waals surface area contributed by atoms with E-state index < -0.39 is 17.5 Å². The highest BCUT2D eigenvalue weighted by Crippen LogP contribution is 2.45. The molecule has 29 heavy (non-hydrogen) atoms. The fourth-order valence-electron chi connectivity index (χ4n) is 3.22. The number of hydrogen-bond donors (Lipinski definition) is 2. The number of halogens is 3. The van der Waals surface area contributed by atoms with E-state index in [9.17, 15) is 14.4 Å². The van der Waals surface area contributed by atoms with Crippen molar-refractivity contribution in [3.8, 4) is 0 Å². The molecule has 3 aromatic rings. The minimum Gasteiger partial charge on any atom is -0.397 e. The number of carbonyl (C=O) groups is 3. The van der Waals surface area contributed by atoms with Crippen molar-refractivity contribution in [1.82, 2.24) is 0 Å². The van der Waals surface area contributed by atoms with Gasteiger partial charge in [-0.1, -0.05) is 59.1 Å². The normalized spacial score (nSPS) is 12.4. The fraction of sp³-hybridized carbons (Fsp3) is 0. The first-order valence-electron chi connectivity index (χ1n) is 8.37. The predicted octanol–water partition coefficient (Wildman–Crippen LogP) is 5.26. The van der Waals surface area contributed by atoms with Crippen LogP contribution >= 0.6 is 34.8 Å². The number of nitrogen functional groups attached to an aromatic ring is 1. The molecule has 8 heteroatoms. The summed E-state index contributed by atoms with van der Waals surface area (Å²) in [6, 6.07) is 12.5. The summed E-state index contributed by atoms with van der Waals surface area (Å²) in [5, 5.41) is 2.83. The zero-order valence-corrected chi connectivity index (χ0v) is 16.8. The van der Waals surface area contributed by atoms with E-state index in [2.05, 4.69) is 5.32 Å². The van der Waals surface area contributed by atoms with Crippen molar-refractivity contribution in [2.75, 3.05) is 11.1 Å². The van der Waals surface area contributed by atoms with Crippen LogP contribution in [0.1, 0.15) is 42.2 Å². The molecule has 3 N–H and O–H groups in total. The second kappa shape index (κ2) is 7.19. The topological polar surface area (TPSA) is 89.3 Å². The Kier molecular flexibility index (Phi) is 4.82. The van der Waals surface area contributed by atoms with Crippen LogP contribution in [0.5, 0.6) is 0 Å². The van der Waals surface area contributed by atoms with Gasteiger partial charge in [-0.05, 0) is 24.3 Å². The molecule has 0 atom stereocenters. The lowest BCUT2D eigenvalue weighted by atomic mass is 9.82. The van der Waals surface area contributed by atoms with Crippen LogP contribution in [0.3, 0.4) is 0 Å². The van der Waals surface area contributed by atoms with Gasteiger partial charge in [-0.3, -0.25) is 14.4 Å². The number of anilines is 2. The van der Waals surface area contributed by atoms with Crippen LogP contribution in [0.25, 0.3) is 0 Å². The summed E-state index contributed by atoms with van der Waals surface area (Å²) in [6.45, 7) is 0. The molecule has 0 bridgehead atoms. The zero-order valence-electron chi connectivity index (χ0n) is 14.6. The molecule has 0 saturated heterocycles. The molecule has 0 aromatic heterocycles. The minimum atomic E-state index is -0.550. The van der Waals surface area contributed by atoms with E-state index in [1.54, 1.807) is 24.3 Å². The number of nitrogens with one attached hydrogen (secondary N) is 1. The highest BCUT2D eigenvalue weighted by molar-refractivity contribution is 6.48. The molecule has 144 valence electrons. The number of hydrogen-bond acceptors (Lipinski definition) is 4. The number of nitrogens with two attached hydrogens (primary N) is 1. The number of amides is 1. The second-order valence-electron chi connectivity index (χ2n) is 6.33. The summed E-state index contributed by atoms with van der Waals surface area (Å²) in [5.41, 5.74) is 6.39. The second-order valence-corrected chi connectivity index (χ2v) is 7.52. The van der Waals surface area contributed by atoms with Gasteiger partial charge in [-0.2, -0.15) is 0 Å². The number of ketones is 2. The highest BCUT2D eigenvalue weighted by atomic mass is 35.5. The van der Waals surface area contributed by atoms with Gasteiger partial charge in [0.15, 0.2) is 11.6 Å². The van der Waals surface area contributed by atoms with Gasteiger partial charge in [0.2, 0.25) is 0 Å². The van der Waals surface area contributed by atoms with E-state index >= 15 is 0 Å². The first-order valence-corrected chi connectivity index (χ1v) is 9.50. The molecule has 0 radical (unpaired) electrons. The molecule has 0 saturated carbocycles. The van der Waals surface area contributed by atoms with Gasteiger partial charge in [0.1, 0.15) is 0 Å². The van der Waals surface area contributed by atoms with Crippen molar-refractivity contribution >= 4 is 63.7 Å². The molecule has 1 amide bonds. The molecule has 0 aliphatic heterocycles. The maximum Gasteiger partial charge on any atom is 0.255 e. The van der Waals surface area contributed by atoms with Gasteiger partial charge in [-0.25, -0.2) is 0 Å². The summed E-state index contributed by atoms with van der Waals surface area (Å²) < 4.78 is 0. The van der Waals surface area contributed by atoms with Crippen LogP contribution in [0.4, 0.5) is 11.4 Å². The van der Waals surface area contributed by atoms with Crippen molar-refractivity contribution in [2.24, 2.45) is 0 Å². The number of benzene rings is 3. The van der Waals surface area contributed by atoms with Gasteiger partial charge in [0.25, 0.3) is 5.91 Å². The van der Waals surface area contributed by atoms with Gasteiger partial charge >= 0.3 is 0 Å². The van der Waals surface area contributed by atoms with Crippen LogP contribution in [0.2, 0.25) is 15.1 Å². The third-order valence-electron chi connectivity index (χ3n) is 4.63. The number of carbonyl (C=O) groups excluding carboxylic acids is 3. The molecule has 5 nitrogen and oxygen atoms in total. The first-order chi connectivity index (χ1) is 13.8. The van der Waals surface area contributed by atoms with Crippen LogP contribution in [-0.4, -0.2) is 17.5 Å². The average molecular weight is 446 g/mol. The smallest absolute Gasteiger partial charge is 0.255 e. The van der Waals surface area contributed by atoms with E-state index in [4.69, 9.17) is 40.5 Å². The average Bonchev–Trinajstić information content (AvgIpc) is 2.72. The molecule has 1 aliphatic carbocycles. The fourth-order valence-corrected chi connectivity index (χ4v) is 3.78. The van der Waals surface area contributed by atoms with Gasteiger partial charge in [0.05, 0.1) is 32.5 Å². The summed E-state index contributed by atoms with van der Waals surface area (Å²) >= 11 is 18.4. The van der Waals surface area contributed by atoms with Crippen LogP contribution in [0.15, 0.2) is 48.5 Å². The standard InChI is InChI=1S/C21H11Cl3N2O3/c22-10-7-5-9(6-8-10)21(29)26-18-14-13(17(25)15(23)16(18)24)19(27)11-3-1-2-4-12(11)20(14)28/h1-8H,25H2,(H,26,29). The van der Waals surface area contributed by atoms with E-state index in [1.165, 1.54) is 24.3 Å². The highest BCUT2D eigenvalue weighted by Gasteiger charge is 2.36. The summed E-state index contributed by atoms with van der Waals surface area (Å²) in [4.78, 5) is 38.9. The molecule has 0 heterocycles. The Hall–Kier alpha value is -2.86. The molecule has 0 spiro atoms. The Morgan fingerprint density at radius 3 is 1.93 bits per heavy atom. The lowest BCUT2D eigenvalue weighted by Gasteiger charge is -2.24. The first kappa shape index (κ1) is 19.5. The monoisotopic (exact) mass is 444 g/mol. The Morgan fingerprint density at radius 2 is 1.34 bits per heavy atom. The summed E-state index contributed by atoms with van der Waals surface area (Å²) in [7, 11) is 0. The van der Waals surface area contributed by atoms with Crippen molar-refractivity contribution in [3.63, 3.8) is 0 Å². The van der Waals surface area contributed by atoms with E-state index in [0.29, 0.717) is 5.02 Å². The Bertz CT molecular complexity index is 1220. The maximum absolute atomic E-state index is 13.2. The Balaban J connectivity index is 1.91. The van der Waals surface area contributed by atoms with Gasteiger partial charge in [-0.15, -0.1) is 0 Å². The van der Waals surface area contributed by atoms with Gasteiger partial charge < -0.3 is 11.1 Å². The molecular weight excluding hydrogens is 435 g/mol. The van der Waals surface area contributed by atoms with Crippen LogP contribution in [0, 0.1) is 0 Å². The maximum atomic E-state index is 13.2. The summed E-state index contributed by atoms with van der Waals surface area (Å²) in [6.07, 6.45) is 0. The molecule has 0 unspecified atom stereocenters. The molecule has 0 fully saturated rings. The quantitative estimate of drug-likeness (QED) is 0.412. The van der Waals surface area contributed by atoms with Crippen molar-refractivity contribution in [2.45, 2.75) is 0 Å². The number of fused-ring (bicyclic) bond motifs is 2. The van der Waals surface area contributed by atoms with E-state index in [1.807, 2.05) is 0 Å². The number of rotatable bonds is 2. The van der Waals surface area contributed by atoms with Crippen molar-refractivity contribution < 1.29 is 14.4 Å². The minimum absolute atomic E-state index is 0.0614.